The molecule has 0 amide bonds. The van der Waals surface area contributed by atoms with E-state index in [9.17, 15) is 4.21 Å². The fourth-order valence-corrected chi connectivity index (χ4v) is 2.61. The zero-order valence-corrected chi connectivity index (χ0v) is 8.43. The third-order valence-corrected chi connectivity index (χ3v) is 3.98. The SMILES string of the molecule is Cc1ccc(S(=O)C2CNC2)cc1. The molecule has 1 saturated heterocycles. The molecular weight excluding hydrogens is 182 g/mol. The molecule has 1 unspecified atom stereocenters. The first-order chi connectivity index (χ1) is 6.27. The summed E-state index contributed by atoms with van der Waals surface area (Å²) in [6.07, 6.45) is 0. The summed E-state index contributed by atoms with van der Waals surface area (Å²) < 4.78 is 11.8. The number of benzene rings is 1. The van der Waals surface area contributed by atoms with Gasteiger partial charge in [-0.25, -0.2) is 0 Å². The number of hydrogen-bond donors (Lipinski definition) is 1. The van der Waals surface area contributed by atoms with E-state index in [4.69, 9.17) is 0 Å². The van der Waals surface area contributed by atoms with Crippen LogP contribution in [0.2, 0.25) is 0 Å². The van der Waals surface area contributed by atoms with Gasteiger partial charge in [-0.1, -0.05) is 17.7 Å². The Labute approximate surface area is 80.8 Å². The van der Waals surface area contributed by atoms with Crippen LogP contribution in [-0.4, -0.2) is 22.5 Å². The van der Waals surface area contributed by atoms with Crippen molar-refractivity contribution < 1.29 is 4.21 Å². The summed E-state index contributed by atoms with van der Waals surface area (Å²) in [5.74, 6) is 0. The quantitative estimate of drug-likeness (QED) is 0.765. The normalized spacial score (nSPS) is 19.5. The molecule has 1 atom stereocenters. The van der Waals surface area contributed by atoms with Gasteiger partial charge in [-0.3, -0.25) is 4.21 Å². The highest BCUT2D eigenvalue weighted by Crippen LogP contribution is 2.14. The molecule has 1 fully saturated rings. The van der Waals surface area contributed by atoms with E-state index in [1.165, 1.54) is 5.56 Å². The van der Waals surface area contributed by atoms with Crippen LogP contribution in [0.4, 0.5) is 0 Å². The highest BCUT2D eigenvalue weighted by Gasteiger charge is 2.24. The molecule has 1 N–H and O–H groups in total. The van der Waals surface area contributed by atoms with Gasteiger partial charge < -0.3 is 5.32 Å². The van der Waals surface area contributed by atoms with Crippen molar-refractivity contribution in [1.82, 2.24) is 5.32 Å². The van der Waals surface area contributed by atoms with Crippen molar-refractivity contribution in [3.8, 4) is 0 Å². The summed E-state index contributed by atoms with van der Waals surface area (Å²) in [7, 11) is -0.812. The minimum absolute atomic E-state index is 0.322. The molecule has 0 spiro atoms. The predicted octanol–water partition coefficient (Wildman–Crippen LogP) is 1.07. The number of aryl methyl sites for hydroxylation is 1. The Bertz CT molecular complexity index is 316. The second kappa shape index (κ2) is 3.60. The van der Waals surface area contributed by atoms with Crippen LogP contribution in [0.1, 0.15) is 5.56 Å². The average Bonchev–Trinajstić information content (AvgIpc) is 2.02. The van der Waals surface area contributed by atoms with E-state index in [0.717, 1.165) is 18.0 Å². The van der Waals surface area contributed by atoms with Gasteiger partial charge in [-0.15, -0.1) is 0 Å². The van der Waals surface area contributed by atoms with Crippen LogP contribution in [0, 0.1) is 6.92 Å². The predicted molar refractivity (Wildman–Crippen MR) is 54.2 cm³/mol. The standard InChI is InChI=1S/C10H13NOS/c1-8-2-4-9(5-3-8)13(12)10-6-11-7-10/h2-5,10-11H,6-7H2,1H3. The van der Waals surface area contributed by atoms with E-state index in [1.54, 1.807) is 0 Å². The van der Waals surface area contributed by atoms with Crippen LogP contribution in [0.5, 0.6) is 0 Å². The summed E-state index contributed by atoms with van der Waals surface area (Å²) in [5.41, 5.74) is 1.22. The molecule has 1 aromatic rings. The second-order valence-electron chi connectivity index (χ2n) is 3.39. The fourth-order valence-electron chi connectivity index (χ4n) is 1.28. The number of nitrogens with one attached hydrogen (secondary N) is 1. The van der Waals surface area contributed by atoms with E-state index in [2.05, 4.69) is 5.32 Å². The summed E-state index contributed by atoms with van der Waals surface area (Å²) in [4.78, 5) is 0.956. The minimum Gasteiger partial charge on any atom is -0.314 e. The zero-order valence-electron chi connectivity index (χ0n) is 7.62. The summed E-state index contributed by atoms with van der Waals surface area (Å²) in [6.45, 7) is 3.82. The molecule has 2 nitrogen and oxygen atoms in total. The molecule has 0 radical (unpaired) electrons. The Hall–Kier alpha value is -0.670. The maximum absolute atomic E-state index is 11.8. The molecule has 2 rings (SSSR count). The molecule has 1 aliphatic rings. The van der Waals surface area contributed by atoms with Gasteiger partial charge in [0, 0.05) is 18.0 Å². The summed E-state index contributed by atoms with van der Waals surface area (Å²) in [5, 5.41) is 3.45. The molecule has 3 heteroatoms. The third kappa shape index (κ3) is 1.81. The average molecular weight is 195 g/mol. The monoisotopic (exact) mass is 195 g/mol. The highest BCUT2D eigenvalue weighted by molar-refractivity contribution is 7.85. The Morgan fingerprint density at radius 3 is 2.38 bits per heavy atom. The Balaban J connectivity index is 2.15. The summed E-state index contributed by atoms with van der Waals surface area (Å²) >= 11 is 0. The van der Waals surface area contributed by atoms with E-state index in [0.29, 0.717) is 5.25 Å². The van der Waals surface area contributed by atoms with E-state index in [1.807, 2.05) is 31.2 Å². The van der Waals surface area contributed by atoms with Gasteiger partial charge in [0.05, 0.1) is 16.0 Å². The number of rotatable bonds is 2. The Morgan fingerprint density at radius 2 is 1.92 bits per heavy atom. The topological polar surface area (TPSA) is 29.1 Å². The molecule has 70 valence electrons. The Kier molecular flexibility index (Phi) is 2.47. The molecule has 0 bridgehead atoms. The molecule has 0 saturated carbocycles. The lowest BCUT2D eigenvalue weighted by atomic mass is 10.2. The second-order valence-corrected chi connectivity index (χ2v) is 5.12. The smallest absolute Gasteiger partial charge is 0.0643 e. The summed E-state index contributed by atoms with van der Waals surface area (Å²) in [6, 6.07) is 7.95. The van der Waals surface area contributed by atoms with Gasteiger partial charge >= 0.3 is 0 Å². The Morgan fingerprint density at radius 1 is 1.31 bits per heavy atom. The largest absolute Gasteiger partial charge is 0.314 e. The third-order valence-electron chi connectivity index (χ3n) is 2.30. The van der Waals surface area contributed by atoms with Crippen molar-refractivity contribution >= 4 is 10.8 Å². The van der Waals surface area contributed by atoms with Gasteiger partial charge in [0.15, 0.2) is 0 Å². The van der Waals surface area contributed by atoms with E-state index >= 15 is 0 Å². The molecule has 1 aliphatic heterocycles. The van der Waals surface area contributed by atoms with Gasteiger partial charge in [0.25, 0.3) is 0 Å². The van der Waals surface area contributed by atoms with Gasteiger partial charge in [-0.05, 0) is 19.1 Å². The highest BCUT2D eigenvalue weighted by atomic mass is 32.2. The molecule has 1 heterocycles. The van der Waals surface area contributed by atoms with Crippen LogP contribution < -0.4 is 5.32 Å². The fraction of sp³-hybridized carbons (Fsp3) is 0.400. The van der Waals surface area contributed by atoms with E-state index < -0.39 is 10.8 Å². The van der Waals surface area contributed by atoms with Crippen LogP contribution in [0.25, 0.3) is 0 Å². The molecular formula is C10H13NOS. The van der Waals surface area contributed by atoms with Crippen molar-refractivity contribution in [2.75, 3.05) is 13.1 Å². The minimum atomic E-state index is -0.812. The molecule has 1 aromatic carbocycles. The van der Waals surface area contributed by atoms with Crippen molar-refractivity contribution in [3.05, 3.63) is 29.8 Å². The lowest BCUT2D eigenvalue weighted by molar-refractivity contribution is 0.526. The van der Waals surface area contributed by atoms with Gasteiger partial charge in [-0.2, -0.15) is 0 Å². The zero-order chi connectivity index (χ0) is 9.26. The number of hydrogen-bond acceptors (Lipinski definition) is 2. The lowest BCUT2D eigenvalue weighted by Gasteiger charge is -2.26. The lowest BCUT2D eigenvalue weighted by Crippen LogP contribution is -2.49. The van der Waals surface area contributed by atoms with Crippen molar-refractivity contribution in [2.24, 2.45) is 0 Å². The first kappa shape index (κ1) is 8.91. The first-order valence-electron chi connectivity index (χ1n) is 4.45. The van der Waals surface area contributed by atoms with Gasteiger partial charge in [0.1, 0.15) is 0 Å². The van der Waals surface area contributed by atoms with Crippen LogP contribution in [0.3, 0.4) is 0 Å². The molecule has 0 aromatic heterocycles. The van der Waals surface area contributed by atoms with Gasteiger partial charge in [0.2, 0.25) is 0 Å². The van der Waals surface area contributed by atoms with Crippen LogP contribution in [-0.2, 0) is 10.8 Å². The van der Waals surface area contributed by atoms with Crippen molar-refractivity contribution in [1.29, 1.82) is 0 Å². The van der Waals surface area contributed by atoms with E-state index in [-0.39, 0.29) is 0 Å². The molecule has 0 aliphatic carbocycles. The first-order valence-corrected chi connectivity index (χ1v) is 5.66. The van der Waals surface area contributed by atoms with Crippen molar-refractivity contribution in [2.45, 2.75) is 17.1 Å². The maximum Gasteiger partial charge on any atom is 0.0643 e. The van der Waals surface area contributed by atoms with Crippen LogP contribution in [0.15, 0.2) is 29.2 Å². The van der Waals surface area contributed by atoms with Crippen molar-refractivity contribution in [3.63, 3.8) is 0 Å². The van der Waals surface area contributed by atoms with Crippen LogP contribution >= 0.6 is 0 Å². The maximum atomic E-state index is 11.8. The molecule has 13 heavy (non-hydrogen) atoms.